The molecule has 0 bridgehead atoms. The molecule has 3 rings (SSSR count). The summed E-state index contributed by atoms with van der Waals surface area (Å²) in [6, 6.07) is 15.5. The summed E-state index contributed by atoms with van der Waals surface area (Å²) in [5, 5.41) is 15.0. The predicted molar refractivity (Wildman–Crippen MR) is 109 cm³/mol. The van der Waals surface area contributed by atoms with Crippen LogP contribution in [0, 0.1) is 6.92 Å². The number of nitrogens with one attached hydrogen (secondary N) is 1. The number of aromatic nitrogens is 1. The summed E-state index contributed by atoms with van der Waals surface area (Å²) in [6.45, 7) is 2.77. The van der Waals surface area contributed by atoms with Crippen molar-refractivity contribution in [3.63, 3.8) is 0 Å². The Labute approximate surface area is 163 Å². The second kappa shape index (κ2) is 8.57. The average molecular weight is 386 g/mol. The summed E-state index contributed by atoms with van der Waals surface area (Å²) in [4.78, 5) is 11.5. The van der Waals surface area contributed by atoms with Crippen molar-refractivity contribution < 1.29 is 9.90 Å². The number of fused-ring (bicyclic) bond motifs is 1. The lowest BCUT2D eigenvalue weighted by Gasteiger charge is -2.17. The summed E-state index contributed by atoms with van der Waals surface area (Å²) in [5.41, 5.74) is 9.63. The van der Waals surface area contributed by atoms with Gasteiger partial charge in [-0.05, 0) is 42.7 Å². The first-order valence-electron chi connectivity index (χ1n) is 8.93. The number of aliphatic hydroxyl groups excluding tert-OH is 1. The maximum atomic E-state index is 11.5. The first kappa shape index (κ1) is 19.4. The molecule has 1 heterocycles. The van der Waals surface area contributed by atoms with Crippen LogP contribution in [0.3, 0.4) is 0 Å². The quantitative estimate of drug-likeness (QED) is 0.557. The van der Waals surface area contributed by atoms with E-state index in [0.29, 0.717) is 18.0 Å². The van der Waals surface area contributed by atoms with E-state index in [1.54, 1.807) is 0 Å². The van der Waals surface area contributed by atoms with Crippen LogP contribution in [-0.2, 0) is 24.3 Å². The van der Waals surface area contributed by atoms with Crippen LogP contribution in [0.1, 0.15) is 16.8 Å². The van der Waals surface area contributed by atoms with E-state index in [1.807, 2.05) is 60.0 Å². The van der Waals surface area contributed by atoms with Crippen molar-refractivity contribution in [1.29, 1.82) is 0 Å². The zero-order valence-corrected chi connectivity index (χ0v) is 16.0. The number of amides is 1. The molecule has 5 nitrogen and oxygen atoms in total. The minimum Gasteiger partial charge on any atom is -0.395 e. The summed E-state index contributed by atoms with van der Waals surface area (Å²) in [5.74, 6) is -0.366. The van der Waals surface area contributed by atoms with Crippen molar-refractivity contribution in [2.24, 2.45) is 5.73 Å². The molecule has 142 valence electrons. The predicted octanol–water partition coefficient (Wildman–Crippen LogP) is 2.78. The Bertz CT molecular complexity index is 934. The van der Waals surface area contributed by atoms with Gasteiger partial charge in [0, 0.05) is 34.2 Å². The molecule has 0 radical (unpaired) electrons. The van der Waals surface area contributed by atoms with Gasteiger partial charge in [-0.2, -0.15) is 0 Å². The number of para-hydroxylation sites is 1. The van der Waals surface area contributed by atoms with E-state index in [4.69, 9.17) is 17.3 Å². The normalized spacial score (nSPS) is 12.4. The van der Waals surface area contributed by atoms with Crippen LogP contribution >= 0.6 is 11.6 Å². The summed E-state index contributed by atoms with van der Waals surface area (Å²) in [6.07, 6.45) is 0.701. The third kappa shape index (κ3) is 4.50. The molecule has 0 fully saturated rings. The van der Waals surface area contributed by atoms with Gasteiger partial charge in [-0.3, -0.25) is 4.79 Å². The lowest BCUT2D eigenvalue weighted by molar-refractivity contribution is -0.118. The third-order valence-electron chi connectivity index (χ3n) is 4.86. The summed E-state index contributed by atoms with van der Waals surface area (Å²) >= 11 is 5.93. The number of nitrogens with two attached hydrogens (primary N) is 1. The van der Waals surface area contributed by atoms with Gasteiger partial charge in [0.05, 0.1) is 6.61 Å². The van der Waals surface area contributed by atoms with Gasteiger partial charge in [0.15, 0.2) is 0 Å². The Balaban J connectivity index is 1.80. The standard InChI is InChI=1S/C21H24ClN3O2/c1-14-19(18-4-2-3-5-20(18)25(14)12-21(23)27)11-24-17(13-26)10-15-6-8-16(22)9-7-15/h2-9,17,24,26H,10-13H2,1H3,(H2,23,27). The van der Waals surface area contributed by atoms with Crippen LogP contribution in [0.15, 0.2) is 48.5 Å². The van der Waals surface area contributed by atoms with E-state index in [-0.39, 0.29) is 25.1 Å². The van der Waals surface area contributed by atoms with Gasteiger partial charge in [0.1, 0.15) is 6.54 Å². The fraction of sp³-hybridized carbons (Fsp3) is 0.286. The molecule has 6 heteroatoms. The van der Waals surface area contributed by atoms with Gasteiger partial charge in [0.2, 0.25) is 5.91 Å². The van der Waals surface area contributed by atoms with Gasteiger partial charge >= 0.3 is 0 Å². The molecule has 0 aliphatic carbocycles. The van der Waals surface area contributed by atoms with E-state index >= 15 is 0 Å². The van der Waals surface area contributed by atoms with Crippen LogP contribution in [-0.4, -0.2) is 28.2 Å². The van der Waals surface area contributed by atoms with Crippen LogP contribution in [0.4, 0.5) is 0 Å². The number of carbonyl (C=O) groups excluding carboxylic acids is 1. The molecule has 1 aromatic heterocycles. The Morgan fingerprint density at radius 1 is 1.22 bits per heavy atom. The second-order valence-corrected chi connectivity index (χ2v) is 7.16. The number of aliphatic hydroxyl groups is 1. The zero-order chi connectivity index (χ0) is 19.4. The molecule has 1 unspecified atom stereocenters. The molecule has 27 heavy (non-hydrogen) atoms. The van der Waals surface area contributed by atoms with Gasteiger partial charge < -0.3 is 20.7 Å². The molecule has 2 aromatic carbocycles. The minimum atomic E-state index is -0.366. The maximum Gasteiger partial charge on any atom is 0.237 e. The van der Waals surface area contributed by atoms with E-state index in [9.17, 15) is 9.90 Å². The molecule has 1 atom stereocenters. The van der Waals surface area contributed by atoms with E-state index < -0.39 is 0 Å². The van der Waals surface area contributed by atoms with Crippen molar-refractivity contribution in [2.75, 3.05) is 6.61 Å². The molecule has 0 saturated heterocycles. The summed E-state index contributed by atoms with van der Waals surface area (Å²) < 4.78 is 1.95. The number of hydrogen-bond donors (Lipinski definition) is 3. The van der Waals surface area contributed by atoms with Gasteiger partial charge in [-0.15, -0.1) is 0 Å². The highest BCUT2D eigenvalue weighted by Crippen LogP contribution is 2.26. The number of carbonyl (C=O) groups is 1. The Morgan fingerprint density at radius 2 is 1.93 bits per heavy atom. The van der Waals surface area contributed by atoms with Crippen molar-refractivity contribution in [3.05, 3.63) is 70.4 Å². The maximum absolute atomic E-state index is 11.5. The highest BCUT2D eigenvalue weighted by Gasteiger charge is 2.16. The van der Waals surface area contributed by atoms with E-state index in [1.165, 1.54) is 0 Å². The number of nitrogens with zero attached hydrogens (tertiary/aromatic N) is 1. The molecule has 4 N–H and O–H groups in total. The highest BCUT2D eigenvalue weighted by atomic mass is 35.5. The fourth-order valence-electron chi connectivity index (χ4n) is 3.44. The van der Waals surface area contributed by atoms with Crippen molar-refractivity contribution in [2.45, 2.75) is 32.5 Å². The molecule has 0 saturated carbocycles. The minimum absolute atomic E-state index is 0.0294. The smallest absolute Gasteiger partial charge is 0.237 e. The van der Waals surface area contributed by atoms with Gasteiger partial charge in [-0.1, -0.05) is 41.9 Å². The molecular weight excluding hydrogens is 362 g/mol. The lowest BCUT2D eigenvalue weighted by atomic mass is 10.1. The van der Waals surface area contributed by atoms with Gasteiger partial charge in [-0.25, -0.2) is 0 Å². The largest absolute Gasteiger partial charge is 0.395 e. The Kier molecular flexibility index (Phi) is 6.16. The molecule has 1 amide bonds. The number of primary amides is 1. The lowest BCUT2D eigenvalue weighted by Crippen LogP contribution is -2.34. The average Bonchev–Trinajstić information content (AvgIpc) is 2.92. The van der Waals surface area contributed by atoms with Crippen LogP contribution in [0.2, 0.25) is 5.02 Å². The van der Waals surface area contributed by atoms with Crippen LogP contribution in [0.5, 0.6) is 0 Å². The second-order valence-electron chi connectivity index (χ2n) is 6.72. The molecule has 0 aliphatic rings. The monoisotopic (exact) mass is 385 g/mol. The molecule has 0 aliphatic heterocycles. The van der Waals surface area contributed by atoms with E-state index in [2.05, 4.69) is 5.32 Å². The molecule has 0 spiro atoms. The van der Waals surface area contributed by atoms with Crippen molar-refractivity contribution in [1.82, 2.24) is 9.88 Å². The Morgan fingerprint density at radius 3 is 2.59 bits per heavy atom. The first-order valence-corrected chi connectivity index (χ1v) is 9.31. The molecular formula is C21H24ClN3O2. The number of benzene rings is 2. The Hall–Kier alpha value is -2.34. The van der Waals surface area contributed by atoms with Gasteiger partial charge in [0.25, 0.3) is 0 Å². The summed E-state index contributed by atoms with van der Waals surface area (Å²) in [7, 11) is 0. The third-order valence-corrected chi connectivity index (χ3v) is 5.11. The van der Waals surface area contributed by atoms with E-state index in [0.717, 1.165) is 27.7 Å². The van der Waals surface area contributed by atoms with Crippen LogP contribution < -0.4 is 11.1 Å². The molecule has 3 aromatic rings. The topological polar surface area (TPSA) is 80.3 Å². The number of rotatable bonds is 8. The van der Waals surface area contributed by atoms with Crippen molar-refractivity contribution >= 4 is 28.4 Å². The van der Waals surface area contributed by atoms with Crippen molar-refractivity contribution in [3.8, 4) is 0 Å². The SMILES string of the molecule is Cc1c(CNC(CO)Cc2ccc(Cl)cc2)c2ccccc2n1CC(N)=O. The first-order chi connectivity index (χ1) is 13.0. The number of halogens is 1. The fourth-order valence-corrected chi connectivity index (χ4v) is 3.56. The van der Waals surface area contributed by atoms with Crippen LogP contribution in [0.25, 0.3) is 10.9 Å². The highest BCUT2D eigenvalue weighted by molar-refractivity contribution is 6.30. The zero-order valence-electron chi connectivity index (χ0n) is 15.3. The number of hydrogen-bond acceptors (Lipinski definition) is 3.